The number of rotatable bonds is 5. The number of nitrogens with one attached hydrogen (secondary N) is 1. The van der Waals surface area contributed by atoms with Gasteiger partial charge in [0.2, 0.25) is 5.95 Å². The molecule has 0 amide bonds. The molecule has 2 heterocycles. The lowest BCUT2D eigenvalue weighted by Gasteiger charge is -2.08. The van der Waals surface area contributed by atoms with Crippen LogP contribution in [0.4, 0.5) is 17.3 Å². The lowest BCUT2D eigenvalue weighted by molar-refractivity contribution is 0.442. The van der Waals surface area contributed by atoms with Crippen molar-refractivity contribution in [1.82, 2.24) is 19.5 Å². The van der Waals surface area contributed by atoms with Gasteiger partial charge in [-0.25, -0.2) is 15.0 Å². The fourth-order valence-corrected chi connectivity index (χ4v) is 2.71. The van der Waals surface area contributed by atoms with Crippen LogP contribution in [0.2, 0.25) is 0 Å². The van der Waals surface area contributed by atoms with Crippen molar-refractivity contribution in [3.05, 3.63) is 60.4 Å². The highest BCUT2D eigenvalue weighted by molar-refractivity contribution is 5.81. The van der Waals surface area contributed by atoms with E-state index in [9.17, 15) is 0 Å². The Morgan fingerprint density at radius 3 is 2.48 bits per heavy atom. The quantitative estimate of drug-likeness (QED) is 0.468. The molecule has 2 aromatic heterocycles. The van der Waals surface area contributed by atoms with E-state index in [-0.39, 0.29) is 6.01 Å². The number of nitrogens with zero attached hydrogens (tertiary/aromatic N) is 4. The number of nitrogen functional groups attached to an aromatic ring is 2. The van der Waals surface area contributed by atoms with Gasteiger partial charge in [0, 0.05) is 19.3 Å². The molecule has 0 aliphatic rings. The first-order chi connectivity index (χ1) is 13.1. The minimum absolute atomic E-state index is 0.258. The largest absolute Gasteiger partial charge is 0.424 e. The van der Waals surface area contributed by atoms with Gasteiger partial charge in [-0.15, -0.1) is 0 Å². The van der Waals surface area contributed by atoms with Crippen molar-refractivity contribution in [2.45, 2.75) is 6.54 Å². The summed E-state index contributed by atoms with van der Waals surface area (Å²) in [6.07, 6.45) is 3.01. The van der Waals surface area contributed by atoms with E-state index < -0.39 is 0 Å². The molecule has 8 nitrogen and oxygen atoms in total. The Balaban J connectivity index is 1.43. The highest BCUT2D eigenvalue weighted by atomic mass is 16.5. The molecule has 0 aliphatic carbocycles. The zero-order chi connectivity index (χ0) is 18.8. The molecule has 0 spiro atoms. The highest BCUT2D eigenvalue weighted by Gasteiger charge is 2.08. The van der Waals surface area contributed by atoms with Gasteiger partial charge in [0.1, 0.15) is 5.75 Å². The summed E-state index contributed by atoms with van der Waals surface area (Å²) < 4.78 is 7.58. The van der Waals surface area contributed by atoms with Crippen LogP contribution in [0.25, 0.3) is 11.0 Å². The topological polar surface area (TPSA) is 117 Å². The van der Waals surface area contributed by atoms with Crippen LogP contribution in [0, 0.1) is 0 Å². The Hall–Kier alpha value is -3.81. The number of imidazole rings is 1. The Labute approximate surface area is 155 Å². The molecular weight excluding hydrogens is 342 g/mol. The van der Waals surface area contributed by atoms with Crippen LogP contribution in [0.3, 0.4) is 0 Å². The van der Waals surface area contributed by atoms with Gasteiger partial charge in [0.25, 0.3) is 0 Å². The standard InChI is InChI=1S/C19H19N7O/c1-26-17-8-13(20)4-7-16(17)25-18(26)22-9-12-2-5-15(6-3-12)27-19-23-10-14(21)11-24-19/h2-8,10-11H,9,20-21H2,1H3,(H,22,25). The maximum absolute atomic E-state index is 5.86. The number of hydrogen-bond donors (Lipinski definition) is 3. The summed E-state index contributed by atoms with van der Waals surface area (Å²) in [6, 6.07) is 13.6. The third-order valence-corrected chi connectivity index (χ3v) is 4.14. The molecule has 2 aromatic carbocycles. The monoisotopic (exact) mass is 361 g/mol. The second kappa shape index (κ2) is 6.83. The summed E-state index contributed by atoms with van der Waals surface area (Å²) in [4.78, 5) is 12.6. The molecule has 0 radical (unpaired) electrons. The van der Waals surface area contributed by atoms with E-state index in [2.05, 4.69) is 20.3 Å². The van der Waals surface area contributed by atoms with Crippen molar-refractivity contribution in [3.63, 3.8) is 0 Å². The van der Waals surface area contributed by atoms with Crippen molar-refractivity contribution < 1.29 is 4.74 Å². The van der Waals surface area contributed by atoms with E-state index in [0.717, 1.165) is 28.2 Å². The van der Waals surface area contributed by atoms with Gasteiger partial charge in [0.05, 0.1) is 29.1 Å². The van der Waals surface area contributed by atoms with E-state index in [0.29, 0.717) is 18.0 Å². The third kappa shape index (κ3) is 3.59. The molecule has 0 saturated carbocycles. The van der Waals surface area contributed by atoms with Crippen molar-refractivity contribution in [2.24, 2.45) is 7.05 Å². The lowest BCUT2D eigenvalue weighted by Crippen LogP contribution is -2.05. The molecule has 136 valence electrons. The predicted octanol–water partition coefficient (Wildman–Crippen LogP) is 2.93. The molecule has 0 atom stereocenters. The zero-order valence-corrected chi connectivity index (χ0v) is 14.8. The van der Waals surface area contributed by atoms with Gasteiger partial charge >= 0.3 is 6.01 Å². The van der Waals surface area contributed by atoms with Crippen LogP contribution < -0.4 is 21.5 Å². The van der Waals surface area contributed by atoms with E-state index in [1.165, 1.54) is 12.4 Å². The van der Waals surface area contributed by atoms with Gasteiger partial charge in [-0.05, 0) is 35.9 Å². The van der Waals surface area contributed by atoms with Crippen LogP contribution in [0.1, 0.15) is 5.56 Å². The molecule has 27 heavy (non-hydrogen) atoms. The fourth-order valence-electron chi connectivity index (χ4n) is 2.71. The molecular formula is C19H19N7O. The number of aryl methyl sites for hydroxylation is 1. The molecule has 0 aliphatic heterocycles. The Kier molecular flexibility index (Phi) is 4.21. The molecule has 0 fully saturated rings. The number of benzene rings is 2. The normalized spacial score (nSPS) is 10.9. The number of nitrogens with two attached hydrogens (primary N) is 2. The summed E-state index contributed by atoms with van der Waals surface area (Å²) in [5.74, 6) is 1.44. The Morgan fingerprint density at radius 2 is 1.74 bits per heavy atom. The molecule has 5 N–H and O–H groups in total. The summed E-state index contributed by atoms with van der Waals surface area (Å²) in [7, 11) is 1.96. The van der Waals surface area contributed by atoms with Gasteiger partial charge in [-0.2, -0.15) is 0 Å². The third-order valence-electron chi connectivity index (χ3n) is 4.14. The predicted molar refractivity (Wildman–Crippen MR) is 105 cm³/mol. The second-order valence-electron chi connectivity index (χ2n) is 6.14. The number of ether oxygens (including phenoxy) is 1. The fraction of sp³-hybridized carbons (Fsp3) is 0.105. The Morgan fingerprint density at radius 1 is 1.00 bits per heavy atom. The first kappa shape index (κ1) is 16.6. The second-order valence-corrected chi connectivity index (χ2v) is 6.14. The van der Waals surface area contributed by atoms with Crippen LogP contribution in [-0.2, 0) is 13.6 Å². The van der Waals surface area contributed by atoms with Crippen molar-refractivity contribution in [2.75, 3.05) is 16.8 Å². The van der Waals surface area contributed by atoms with Gasteiger partial charge in [-0.3, -0.25) is 0 Å². The van der Waals surface area contributed by atoms with Crippen LogP contribution in [0.5, 0.6) is 11.8 Å². The first-order valence-corrected chi connectivity index (χ1v) is 8.38. The zero-order valence-electron chi connectivity index (χ0n) is 14.8. The van der Waals surface area contributed by atoms with Crippen LogP contribution in [0.15, 0.2) is 54.9 Å². The number of hydrogen-bond acceptors (Lipinski definition) is 7. The average molecular weight is 361 g/mol. The summed E-state index contributed by atoms with van der Waals surface area (Å²) in [5, 5.41) is 3.35. The molecule has 0 saturated heterocycles. The molecule has 4 aromatic rings. The first-order valence-electron chi connectivity index (χ1n) is 8.38. The van der Waals surface area contributed by atoms with E-state index in [1.54, 1.807) is 0 Å². The highest BCUT2D eigenvalue weighted by Crippen LogP contribution is 2.22. The van der Waals surface area contributed by atoms with Crippen molar-refractivity contribution in [3.8, 4) is 11.8 Å². The number of aromatic nitrogens is 4. The minimum Gasteiger partial charge on any atom is -0.424 e. The van der Waals surface area contributed by atoms with Gasteiger partial charge < -0.3 is 26.1 Å². The maximum atomic E-state index is 5.86. The van der Waals surface area contributed by atoms with E-state index >= 15 is 0 Å². The van der Waals surface area contributed by atoms with E-state index in [1.807, 2.05) is 54.1 Å². The number of anilines is 3. The minimum atomic E-state index is 0.258. The number of fused-ring (bicyclic) bond motifs is 1. The lowest BCUT2D eigenvalue weighted by atomic mass is 10.2. The smallest absolute Gasteiger partial charge is 0.322 e. The summed E-state index contributed by atoms with van der Waals surface area (Å²) >= 11 is 0. The molecule has 0 bridgehead atoms. The molecule has 8 heteroatoms. The molecule has 0 unspecified atom stereocenters. The van der Waals surface area contributed by atoms with Crippen molar-refractivity contribution >= 4 is 28.4 Å². The summed E-state index contributed by atoms with van der Waals surface area (Å²) in [6.45, 7) is 0.630. The SMILES string of the molecule is Cn1c(NCc2ccc(Oc3ncc(N)cn3)cc2)nc2ccc(N)cc21. The maximum Gasteiger partial charge on any atom is 0.322 e. The van der Waals surface area contributed by atoms with Crippen LogP contribution >= 0.6 is 0 Å². The Bertz CT molecular complexity index is 1070. The average Bonchev–Trinajstić information content (AvgIpc) is 2.98. The summed E-state index contributed by atoms with van der Waals surface area (Å²) in [5.41, 5.74) is 15.6. The van der Waals surface area contributed by atoms with Crippen molar-refractivity contribution in [1.29, 1.82) is 0 Å². The van der Waals surface area contributed by atoms with Gasteiger partial charge in [-0.1, -0.05) is 12.1 Å². The van der Waals surface area contributed by atoms with Crippen LogP contribution in [-0.4, -0.2) is 19.5 Å². The molecule has 4 rings (SSSR count). The van der Waals surface area contributed by atoms with E-state index in [4.69, 9.17) is 16.2 Å². The van der Waals surface area contributed by atoms with Gasteiger partial charge in [0.15, 0.2) is 0 Å².